The van der Waals surface area contributed by atoms with Crippen LogP contribution in [0.4, 0.5) is 9.52 Å². The van der Waals surface area contributed by atoms with Crippen molar-refractivity contribution >= 4 is 22.4 Å². The first-order valence-corrected chi connectivity index (χ1v) is 8.37. The van der Waals surface area contributed by atoms with Crippen LogP contribution in [0.1, 0.15) is 15.2 Å². The Labute approximate surface area is 147 Å². The van der Waals surface area contributed by atoms with E-state index in [9.17, 15) is 9.18 Å². The molecule has 5 nitrogen and oxygen atoms in total. The molecule has 126 valence electrons. The molecule has 0 saturated heterocycles. The fourth-order valence-electron chi connectivity index (χ4n) is 2.57. The lowest BCUT2D eigenvalue weighted by molar-refractivity contribution is 0.102. The minimum atomic E-state index is -0.565. The quantitative estimate of drug-likeness (QED) is 0.763. The van der Waals surface area contributed by atoms with Crippen molar-refractivity contribution in [1.29, 1.82) is 0 Å². The first-order chi connectivity index (χ1) is 12.1. The van der Waals surface area contributed by atoms with Crippen LogP contribution in [0.5, 0.6) is 11.5 Å². The molecule has 1 aromatic heterocycles. The minimum Gasteiger partial charge on any atom is -0.454 e. The van der Waals surface area contributed by atoms with Crippen LogP contribution < -0.4 is 14.8 Å². The van der Waals surface area contributed by atoms with E-state index in [2.05, 4.69) is 10.3 Å². The van der Waals surface area contributed by atoms with Crippen LogP contribution in [0.25, 0.3) is 11.3 Å². The van der Waals surface area contributed by atoms with E-state index < -0.39 is 11.7 Å². The van der Waals surface area contributed by atoms with Crippen molar-refractivity contribution in [3.05, 3.63) is 58.7 Å². The van der Waals surface area contributed by atoms with Crippen LogP contribution >= 0.6 is 11.3 Å². The van der Waals surface area contributed by atoms with Crippen LogP contribution in [0.15, 0.2) is 42.5 Å². The maximum Gasteiger partial charge on any atom is 0.260 e. The summed E-state index contributed by atoms with van der Waals surface area (Å²) in [6, 6.07) is 11.4. The van der Waals surface area contributed by atoms with E-state index >= 15 is 0 Å². The molecule has 0 aliphatic carbocycles. The van der Waals surface area contributed by atoms with Gasteiger partial charge in [-0.15, -0.1) is 11.3 Å². The topological polar surface area (TPSA) is 60.5 Å². The van der Waals surface area contributed by atoms with Gasteiger partial charge in [-0.2, -0.15) is 0 Å². The number of carbonyl (C=O) groups is 1. The lowest BCUT2D eigenvalue weighted by atomic mass is 10.1. The SMILES string of the molecule is Cc1sc(NC(=O)c2ccccc2F)nc1-c1ccc2c(c1)OCO2. The third-order valence-corrected chi connectivity index (χ3v) is 4.67. The number of ether oxygens (including phenoxy) is 2. The number of nitrogens with zero attached hydrogens (tertiary/aromatic N) is 1. The molecule has 7 heteroatoms. The highest BCUT2D eigenvalue weighted by Crippen LogP contribution is 2.38. The summed E-state index contributed by atoms with van der Waals surface area (Å²) in [4.78, 5) is 17.6. The van der Waals surface area contributed by atoms with Crippen molar-refractivity contribution in [2.24, 2.45) is 0 Å². The number of rotatable bonds is 3. The molecular formula is C18H13FN2O3S. The zero-order valence-corrected chi connectivity index (χ0v) is 14.0. The average molecular weight is 356 g/mol. The largest absolute Gasteiger partial charge is 0.454 e. The molecule has 0 spiro atoms. The Hall–Kier alpha value is -2.93. The number of fused-ring (bicyclic) bond motifs is 1. The van der Waals surface area contributed by atoms with E-state index in [1.807, 2.05) is 25.1 Å². The number of carbonyl (C=O) groups excluding carboxylic acids is 1. The van der Waals surface area contributed by atoms with E-state index in [0.29, 0.717) is 16.6 Å². The van der Waals surface area contributed by atoms with Crippen molar-refractivity contribution in [3.63, 3.8) is 0 Å². The van der Waals surface area contributed by atoms with Gasteiger partial charge in [-0.05, 0) is 37.3 Å². The smallest absolute Gasteiger partial charge is 0.260 e. The second-order valence-corrected chi connectivity index (χ2v) is 6.63. The van der Waals surface area contributed by atoms with Crippen LogP contribution in [0.3, 0.4) is 0 Å². The summed E-state index contributed by atoms with van der Waals surface area (Å²) in [6.07, 6.45) is 0. The van der Waals surface area contributed by atoms with Gasteiger partial charge in [0.05, 0.1) is 11.3 Å². The number of amides is 1. The van der Waals surface area contributed by atoms with Crippen LogP contribution in [0.2, 0.25) is 0 Å². The molecule has 0 bridgehead atoms. The molecule has 0 unspecified atom stereocenters. The Balaban J connectivity index is 1.60. The lowest BCUT2D eigenvalue weighted by Gasteiger charge is -2.03. The van der Waals surface area contributed by atoms with Crippen molar-refractivity contribution < 1.29 is 18.7 Å². The van der Waals surface area contributed by atoms with Crippen LogP contribution in [-0.4, -0.2) is 17.7 Å². The Kier molecular flexibility index (Phi) is 3.85. The highest BCUT2D eigenvalue weighted by molar-refractivity contribution is 7.16. The summed E-state index contributed by atoms with van der Waals surface area (Å²) >= 11 is 1.33. The van der Waals surface area contributed by atoms with E-state index in [1.165, 1.54) is 29.5 Å². The molecule has 1 amide bonds. The predicted octanol–water partition coefficient (Wildman–Crippen LogP) is 4.24. The van der Waals surface area contributed by atoms with E-state index in [4.69, 9.17) is 9.47 Å². The number of hydrogen-bond acceptors (Lipinski definition) is 5. The van der Waals surface area contributed by atoms with Crippen molar-refractivity contribution in [3.8, 4) is 22.8 Å². The molecule has 2 aromatic carbocycles. The third kappa shape index (κ3) is 2.94. The summed E-state index contributed by atoms with van der Waals surface area (Å²) in [6.45, 7) is 2.12. The van der Waals surface area contributed by atoms with Crippen LogP contribution in [0, 0.1) is 12.7 Å². The van der Waals surface area contributed by atoms with Gasteiger partial charge in [0.15, 0.2) is 16.6 Å². The molecule has 1 aliphatic rings. The Morgan fingerprint density at radius 2 is 2.00 bits per heavy atom. The van der Waals surface area contributed by atoms with Crippen LogP contribution in [-0.2, 0) is 0 Å². The highest BCUT2D eigenvalue weighted by Gasteiger charge is 2.18. The Morgan fingerprint density at radius 3 is 2.84 bits per heavy atom. The zero-order valence-electron chi connectivity index (χ0n) is 13.2. The first kappa shape index (κ1) is 15.6. The Bertz CT molecular complexity index is 971. The zero-order chi connectivity index (χ0) is 17.4. The molecule has 0 fully saturated rings. The fraction of sp³-hybridized carbons (Fsp3) is 0.111. The van der Waals surface area contributed by atoms with Gasteiger partial charge in [0.2, 0.25) is 6.79 Å². The van der Waals surface area contributed by atoms with Gasteiger partial charge >= 0.3 is 0 Å². The number of aryl methyl sites for hydroxylation is 1. The molecule has 1 aliphatic heterocycles. The van der Waals surface area contributed by atoms with Crippen molar-refractivity contribution in [2.75, 3.05) is 12.1 Å². The number of nitrogens with one attached hydrogen (secondary N) is 1. The second-order valence-electron chi connectivity index (χ2n) is 5.43. The highest BCUT2D eigenvalue weighted by atomic mass is 32.1. The van der Waals surface area contributed by atoms with Gasteiger partial charge in [0, 0.05) is 10.4 Å². The Morgan fingerprint density at radius 1 is 1.20 bits per heavy atom. The normalized spacial score (nSPS) is 12.2. The lowest BCUT2D eigenvalue weighted by Crippen LogP contribution is -2.13. The molecule has 2 heterocycles. The van der Waals surface area contributed by atoms with E-state index in [1.54, 1.807) is 6.07 Å². The van der Waals surface area contributed by atoms with Gasteiger partial charge in [-0.3, -0.25) is 10.1 Å². The van der Waals surface area contributed by atoms with E-state index in [-0.39, 0.29) is 12.4 Å². The van der Waals surface area contributed by atoms with Crippen molar-refractivity contribution in [1.82, 2.24) is 4.98 Å². The fourth-order valence-corrected chi connectivity index (χ4v) is 3.40. The van der Waals surface area contributed by atoms with Gasteiger partial charge in [0.1, 0.15) is 5.82 Å². The second kappa shape index (κ2) is 6.18. The molecular weight excluding hydrogens is 343 g/mol. The summed E-state index contributed by atoms with van der Waals surface area (Å²) in [5.74, 6) is 0.278. The van der Waals surface area contributed by atoms with Gasteiger partial charge in [-0.1, -0.05) is 12.1 Å². The summed E-state index contributed by atoms with van der Waals surface area (Å²) in [5, 5.41) is 3.07. The maximum absolute atomic E-state index is 13.7. The molecule has 4 rings (SSSR count). The first-order valence-electron chi connectivity index (χ1n) is 7.55. The summed E-state index contributed by atoms with van der Waals surface area (Å²) in [7, 11) is 0. The number of aromatic nitrogens is 1. The number of hydrogen-bond donors (Lipinski definition) is 1. The number of thiazole rings is 1. The predicted molar refractivity (Wildman–Crippen MR) is 92.8 cm³/mol. The molecule has 3 aromatic rings. The van der Waals surface area contributed by atoms with Gasteiger partial charge in [-0.25, -0.2) is 9.37 Å². The third-order valence-electron chi connectivity index (χ3n) is 3.78. The summed E-state index contributed by atoms with van der Waals surface area (Å²) in [5.41, 5.74) is 1.59. The number of anilines is 1. The minimum absolute atomic E-state index is 0.0139. The molecule has 25 heavy (non-hydrogen) atoms. The van der Waals surface area contributed by atoms with E-state index in [0.717, 1.165) is 16.1 Å². The maximum atomic E-state index is 13.7. The van der Waals surface area contributed by atoms with Crippen molar-refractivity contribution in [2.45, 2.75) is 6.92 Å². The van der Waals surface area contributed by atoms with Gasteiger partial charge in [0.25, 0.3) is 5.91 Å². The molecule has 0 saturated carbocycles. The van der Waals surface area contributed by atoms with Gasteiger partial charge < -0.3 is 9.47 Å². The molecule has 0 atom stereocenters. The average Bonchev–Trinajstić information content (AvgIpc) is 3.20. The summed E-state index contributed by atoms with van der Waals surface area (Å²) < 4.78 is 24.4. The number of benzene rings is 2. The molecule has 0 radical (unpaired) electrons. The standard InChI is InChI=1S/C18H13FN2O3S/c1-10-16(11-6-7-14-15(8-11)24-9-23-14)20-18(25-10)21-17(22)12-4-2-3-5-13(12)19/h2-8H,9H2,1H3,(H,20,21,22). The monoisotopic (exact) mass is 356 g/mol. The number of halogens is 1. The molecule has 1 N–H and O–H groups in total.